The summed E-state index contributed by atoms with van der Waals surface area (Å²) < 4.78 is 5.60. The Morgan fingerprint density at radius 2 is 2.00 bits per heavy atom. The van der Waals surface area contributed by atoms with Crippen LogP contribution in [0.3, 0.4) is 0 Å². The van der Waals surface area contributed by atoms with Gasteiger partial charge in [-0.2, -0.15) is 0 Å². The Hall–Kier alpha value is -1.26. The third-order valence-electron chi connectivity index (χ3n) is 2.74. The smallest absolute Gasteiger partial charge is 0.258 e. The van der Waals surface area contributed by atoms with E-state index in [-0.39, 0.29) is 18.6 Å². The zero-order chi connectivity index (χ0) is 15.8. The maximum absolute atomic E-state index is 11.6. The second-order valence-corrected chi connectivity index (χ2v) is 6.16. The summed E-state index contributed by atoms with van der Waals surface area (Å²) in [7, 11) is 0. The molecular weight excluding hydrogens is 288 g/mol. The Kier molecular flexibility index (Phi) is 7.54. The Morgan fingerprint density at radius 1 is 1.29 bits per heavy atom. The lowest BCUT2D eigenvalue weighted by molar-refractivity contribution is -0.123. The average molecular weight is 313 g/mol. The lowest BCUT2D eigenvalue weighted by Crippen LogP contribution is -2.34. The van der Waals surface area contributed by atoms with Crippen molar-refractivity contribution in [1.29, 1.82) is 0 Å². The normalized spacial score (nSPS) is 11.0. The van der Waals surface area contributed by atoms with Gasteiger partial charge in [-0.1, -0.05) is 31.5 Å². The Morgan fingerprint density at radius 3 is 2.62 bits per heavy atom. The molecule has 21 heavy (non-hydrogen) atoms. The minimum absolute atomic E-state index is 0.00426. The highest BCUT2D eigenvalue weighted by molar-refractivity contribution is 6.31. The van der Waals surface area contributed by atoms with Crippen LogP contribution in [0, 0.1) is 5.92 Å². The minimum atomic E-state index is -0.133. The maximum atomic E-state index is 11.6. The van der Waals surface area contributed by atoms with Gasteiger partial charge in [0.1, 0.15) is 5.75 Å². The second kappa shape index (κ2) is 8.90. The molecule has 0 saturated carbocycles. The van der Waals surface area contributed by atoms with Crippen molar-refractivity contribution in [1.82, 2.24) is 10.6 Å². The molecule has 0 aromatic heterocycles. The van der Waals surface area contributed by atoms with Crippen LogP contribution in [-0.4, -0.2) is 25.1 Å². The van der Waals surface area contributed by atoms with E-state index in [1.165, 1.54) is 0 Å². The lowest BCUT2D eigenvalue weighted by Gasteiger charge is -2.15. The van der Waals surface area contributed by atoms with E-state index in [1.54, 1.807) is 0 Å². The highest BCUT2D eigenvalue weighted by atomic mass is 35.5. The number of ether oxygens (including phenoxy) is 1. The molecule has 118 valence electrons. The Balaban J connectivity index is 2.64. The summed E-state index contributed by atoms with van der Waals surface area (Å²) in [6.07, 6.45) is 0. The van der Waals surface area contributed by atoms with Crippen LogP contribution in [0.2, 0.25) is 5.02 Å². The van der Waals surface area contributed by atoms with Crippen molar-refractivity contribution in [2.45, 2.75) is 40.3 Å². The third-order valence-corrected chi connectivity index (χ3v) is 3.09. The van der Waals surface area contributed by atoms with Crippen molar-refractivity contribution in [3.05, 3.63) is 28.8 Å². The molecule has 0 fully saturated rings. The summed E-state index contributed by atoms with van der Waals surface area (Å²) in [5.74, 6) is 1.08. The number of halogens is 1. The van der Waals surface area contributed by atoms with Crippen molar-refractivity contribution in [2.75, 3.05) is 13.2 Å². The van der Waals surface area contributed by atoms with Crippen LogP contribution in [0.15, 0.2) is 18.2 Å². The largest absolute Gasteiger partial charge is 0.483 e. The predicted molar refractivity (Wildman–Crippen MR) is 86.8 cm³/mol. The zero-order valence-corrected chi connectivity index (χ0v) is 14.0. The number of hydrogen-bond donors (Lipinski definition) is 2. The fraction of sp³-hybridized carbons (Fsp3) is 0.562. The van der Waals surface area contributed by atoms with Gasteiger partial charge in [0.15, 0.2) is 6.61 Å². The van der Waals surface area contributed by atoms with Crippen molar-refractivity contribution in [3.63, 3.8) is 0 Å². The van der Waals surface area contributed by atoms with Crippen LogP contribution in [0.4, 0.5) is 0 Å². The number of nitrogens with one attached hydrogen (secondary N) is 2. The third kappa shape index (κ3) is 6.82. The van der Waals surface area contributed by atoms with Crippen molar-refractivity contribution in [3.8, 4) is 5.75 Å². The SMILES string of the molecule is CC(C)CNCc1c(Cl)cccc1OCC(=O)NC(C)C. The first-order valence-electron chi connectivity index (χ1n) is 7.30. The van der Waals surface area contributed by atoms with Gasteiger partial charge >= 0.3 is 0 Å². The average Bonchev–Trinajstić information content (AvgIpc) is 2.37. The van der Waals surface area contributed by atoms with Gasteiger partial charge in [0, 0.05) is 23.2 Å². The molecule has 1 amide bonds. The van der Waals surface area contributed by atoms with Crippen LogP contribution < -0.4 is 15.4 Å². The molecule has 0 saturated heterocycles. The van der Waals surface area contributed by atoms with Gasteiger partial charge in [-0.3, -0.25) is 4.79 Å². The van der Waals surface area contributed by atoms with E-state index in [1.807, 2.05) is 32.0 Å². The molecule has 4 nitrogen and oxygen atoms in total. The molecule has 5 heteroatoms. The second-order valence-electron chi connectivity index (χ2n) is 5.75. The van der Waals surface area contributed by atoms with Gasteiger partial charge in [-0.15, -0.1) is 0 Å². The van der Waals surface area contributed by atoms with E-state index in [0.717, 1.165) is 12.1 Å². The summed E-state index contributed by atoms with van der Waals surface area (Å²) in [6, 6.07) is 5.59. The van der Waals surface area contributed by atoms with E-state index in [9.17, 15) is 4.79 Å². The number of benzene rings is 1. The highest BCUT2D eigenvalue weighted by Gasteiger charge is 2.10. The maximum Gasteiger partial charge on any atom is 0.258 e. The van der Waals surface area contributed by atoms with Gasteiger partial charge in [0.25, 0.3) is 5.91 Å². The van der Waals surface area contributed by atoms with Crippen LogP contribution in [0.5, 0.6) is 5.75 Å². The quantitative estimate of drug-likeness (QED) is 0.776. The van der Waals surface area contributed by atoms with Crippen LogP contribution in [0.1, 0.15) is 33.3 Å². The lowest BCUT2D eigenvalue weighted by atomic mass is 10.1. The summed E-state index contributed by atoms with van der Waals surface area (Å²) in [5.41, 5.74) is 0.886. The van der Waals surface area contributed by atoms with E-state index < -0.39 is 0 Å². The number of hydrogen-bond acceptors (Lipinski definition) is 3. The van der Waals surface area contributed by atoms with E-state index in [4.69, 9.17) is 16.3 Å². The van der Waals surface area contributed by atoms with Crippen molar-refractivity contribution < 1.29 is 9.53 Å². The molecule has 1 aromatic carbocycles. The summed E-state index contributed by atoms with van der Waals surface area (Å²) in [6.45, 7) is 9.64. The van der Waals surface area contributed by atoms with Crippen LogP contribution >= 0.6 is 11.6 Å². The molecular formula is C16H25ClN2O2. The minimum Gasteiger partial charge on any atom is -0.483 e. The fourth-order valence-electron chi connectivity index (χ4n) is 1.84. The molecule has 2 N–H and O–H groups in total. The Bertz CT molecular complexity index is 462. The molecule has 0 bridgehead atoms. The number of carbonyl (C=O) groups is 1. The van der Waals surface area contributed by atoms with Gasteiger partial charge in [0.2, 0.25) is 0 Å². The molecule has 1 aromatic rings. The molecule has 0 aliphatic heterocycles. The van der Waals surface area contributed by atoms with Crippen molar-refractivity contribution in [2.24, 2.45) is 5.92 Å². The first-order valence-corrected chi connectivity index (χ1v) is 7.68. The first kappa shape index (κ1) is 17.8. The standard InChI is InChI=1S/C16H25ClN2O2/c1-11(2)8-18-9-13-14(17)6-5-7-15(13)21-10-16(20)19-12(3)4/h5-7,11-12,18H,8-10H2,1-4H3,(H,19,20). The van der Waals surface area contributed by atoms with Gasteiger partial charge in [-0.05, 0) is 38.4 Å². The molecule has 0 heterocycles. The number of rotatable bonds is 8. The molecule has 0 atom stereocenters. The molecule has 1 rings (SSSR count). The number of carbonyl (C=O) groups excluding carboxylic acids is 1. The van der Waals surface area contributed by atoms with E-state index in [2.05, 4.69) is 24.5 Å². The molecule has 0 unspecified atom stereocenters. The van der Waals surface area contributed by atoms with E-state index >= 15 is 0 Å². The monoisotopic (exact) mass is 312 g/mol. The topological polar surface area (TPSA) is 50.4 Å². The zero-order valence-electron chi connectivity index (χ0n) is 13.2. The van der Waals surface area contributed by atoms with Gasteiger partial charge in [-0.25, -0.2) is 0 Å². The van der Waals surface area contributed by atoms with Crippen molar-refractivity contribution >= 4 is 17.5 Å². The predicted octanol–water partition coefficient (Wildman–Crippen LogP) is 2.99. The van der Waals surface area contributed by atoms with Gasteiger partial charge < -0.3 is 15.4 Å². The summed E-state index contributed by atoms with van der Waals surface area (Å²) in [4.78, 5) is 11.6. The summed E-state index contributed by atoms with van der Waals surface area (Å²) >= 11 is 6.22. The Labute approximate surface area is 132 Å². The summed E-state index contributed by atoms with van der Waals surface area (Å²) in [5, 5.41) is 6.78. The van der Waals surface area contributed by atoms with Gasteiger partial charge in [0.05, 0.1) is 0 Å². The number of amides is 1. The molecule has 0 aliphatic rings. The molecule has 0 spiro atoms. The van der Waals surface area contributed by atoms with E-state index in [0.29, 0.717) is 23.2 Å². The fourth-order valence-corrected chi connectivity index (χ4v) is 2.07. The highest BCUT2D eigenvalue weighted by Crippen LogP contribution is 2.26. The molecule has 0 radical (unpaired) electrons. The van der Waals surface area contributed by atoms with Crippen LogP contribution in [0.25, 0.3) is 0 Å². The first-order chi connectivity index (χ1) is 9.90. The molecule has 0 aliphatic carbocycles. The van der Waals surface area contributed by atoms with Crippen LogP contribution in [-0.2, 0) is 11.3 Å².